The largest absolute Gasteiger partial charge is 0.377 e. The standard InChI is InChI=1S/C12H21O2/c1-4-7-12(10-13-8-5-2)11-14-9-6-3/h5-6H,2-4,7-11H2,1H3. The Labute approximate surface area is 87.6 Å². The fourth-order valence-electron chi connectivity index (χ4n) is 1.11. The molecule has 2 nitrogen and oxygen atoms in total. The van der Waals surface area contributed by atoms with E-state index >= 15 is 0 Å². The first kappa shape index (κ1) is 13.4. The van der Waals surface area contributed by atoms with Crippen LogP contribution in [0.2, 0.25) is 0 Å². The van der Waals surface area contributed by atoms with Crippen LogP contribution in [0.3, 0.4) is 0 Å². The van der Waals surface area contributed by atoms with Crippen molar-refractivity contribution in [3.63, 3.8) is 0 Å². The summed E-state index contributed by atoms with van der Waals surface area (Å²) in [5.41, 5.74) is 0. The predicted octanol–water partition coefficient (Wildman–Crippen LogP) is 2.77. The van der Waals surface area contributed by atoms with Gasteiger partial charge in [0.2, 0.25) is 0 Å². The fourth-order valence-corrected chi connectivity index (χ4v) is 1.11. The van der Waals surface area contributed by atoms with Crippen LogP contribution in [0.5, 0.6) is 0 Å². The van der Waals surface area contributed by atoms with E-state index in [2.05, 4.69) is 20.1 Å². The highest BCUT2D eigenvalue weighted by Gasteiger charge is 2.08. The molecule has 0 saturated carbocycles. The molecule has 0 amide bonds. The lowest BCUT2D eigenvalue weighted by molar-refractivity contribution is 0.119. The van der Waals surface area contributed by atoms with Gasteiger partial charge in [0.05, 0.1) is 26.4 Å². The van der Waals surface area contributed by atoms with E-state index in [4.69, 9.17) is 9.47 Å². The number of rotatable bonds is 10. The van der Waals surface area contributed by atoms with Crippen LogP contribution in [-0.2, 0) is 9.47 Å². The molecule has 1 radical (unpaired) electrons. The molecule has 0 aromatic heterocycles. The highest BCUT2D eigenvalue weighted by molar-refractivity contribution is 4.89. The number of ether oxygens (including phenoxy) is 2. The summed E-state index contributed by atoms with van der Waals surface area (Å²) < 4.78 is 10.7. The number of hydrogen-bond donors (Lipinski definition) is 0. The van der Waals surface area contributed by atoms with E-state index in [0.29, 0.717) is 26.4 Å². The lowest BCUT2D eigenvalue weighted by atomic mass is 10.1. The Hall–Kier alpha value is -0.600. The Balaban J connectivity index is 3.53. The molecule has 0 bridgehead atoms. The van der Waals surface area contributed by atoms with Crippen molar-refractivity contribution in [1.82, 2.24) is 0 Å². The maximum atomic E-state index is 5.37. The molecule has 0 fully saturated rings. The molecular formula is C12H21O2. The van der Waals surface area contributed by atoms with Crippen LogP contribution >= 0.6 is 0 Å². The predicted molar refractivity (Wildman–Crippen MR) is 60.2 cm³/mol. The first-order chi connectivity index (χ1) is 6.85. The Morgan fingerprint density at radius 2 is 1.57 bits per heavy atom. The average Bonchev–Trinajstić information content (AvgIpc) is 2.18. The summed E-state index contributed by atoms with van der Waals surface area (Å²) in [4.78, 5) is 0. The van der Waals surface area contributed by atoms with Crippen LogP contribution in [-0.4, -0.2) is 26.4 Å². The summed E-state index contributed by atoms with van der Waals surface area (Å²) in [7, 11) is 0. The van der Waals surface area contributed by atoms with Crippen molar-refractivity contribution in [2.75, 3.05) is 26.4 Å². The average molecular weight is 197 g/mol. The normalized spacial score (nSPS) is 10.4. The van der Waals surface area contributed by atoms with Gasteiger partial charge < -0.3 is 9.47 Å². The Morgan fingerprint density at radius 3 is 1.93 bits per heavy atom. The minimum atomic E-state index is 0.606. The zero-order valence-corrected chi connectivity index (χ0v) is 9.13. The minimum Gasteiger partial charge on any atom is -0.377 e. The maximum absolute atomic E-state index is 5.37. The smallest absolute Gasteiger partial charge is 0.0645 e. The highest BCUT2D eigenvalue weighted by atomic mass is 16.5. The van der Waals surface area contributed by atoms with Crippen LogP contribution in [0.4, 0.5) is 0 Å². The molecule has 0 heterocycles. The molecule has 0 spiro atoms. The second-order valence-electron chi connectivity index (χ2n) is 3.11. The first-order valence-corrected chi connectivity index (χ1v) is 5.06. The Kier molecular flexibility index (Phi) is 10.0. The van der Waals surface area contributed by atoms with Crippen LogP contribution in [0.25, 0.3) is 0 Å². The molecule has 0 aromatic carbocycles. The van der Waals surface area contributed by atoms with Crippen molar-refractivity contribution in [3.05, 3.63) is 31.2 Å². The zero-order chi connectivity index (χ0) is 10.6. The molecule has 0 N–H and O–H groups in total. The Morgan fingerprint density at radius 1 is 1.07 bits per heavy atom. The third-order valence-corrected chi connectivity index (χ3v) is 1.69. The van der Waals surface area contributed by atoms with E-state index in [9.17, 15) is 0 Å². The lowest BCUT2D eigenvalue weighted by Crippen LogP contribution is -2.14. The van der Waals surface area contributed by atoms with Crippen molar-refractivity contribution in [1.29, 1.82) is 0 Å². The molecule has 0 aromatic rings. The van der Waals surface area contributed by atoms with Gasteiger partial charge in [-0.15, -0.1) is 13.2 Å². The van der Waals surface area contributed by atoms with Gasteiger partial charge in [0.25, 0.3) is 0 Å². The highest BCUT2D eigenvalue weighted by Crippen LogP contribution is 2.10. The molecule has 0 aliphatic heterocycles. The molecule has 2 heteroatoms. The van der Waals surface area contributed by atoms with Crippen LogP contribution in [0, 0.1) is 5.92 Å². The maximum Gasteiger partial charge on any atom is 0.0645 e. The molecule has 0 atom stereocenters. The molecule has 14 heavy (non-hydrogen) atoms. The van der Waals surface area contributed by atoms with E-state index < -0.39 is 0 Å². The summed E-state index contributed by atoms with van der Waals surface area (Å²) >= 11 is 0. The van der Waals surface area contributed by atoms with E-state index in [1.54, 1.807) is 12.2 Å². The van der Waals surface area contributed by atoms with Gasteiger partial charge in [-0.05, 0) is 6.42 Å². The van der Waals surface area contributed by atoms with Gasteiger partial charge in [-0.25, -0.2) is 0 Å². The minimum absolute atomic E-state index is 0.606. The van der Waals surface area contributed by atoms with Crippen molar-refractivity contribution in [2.24, 2.45) is 0 Å². The van der Waals surface area contributed by atoms with E-state index in [1.165, 1.54) is 5.92 Å². The van der Waals surface area contributed by atoms with Gasteiger partial charge in [-0.3, -0.25) is 0 Å². The SMILES string of the molecule is C=CCOC[C](CCC)COCC=C. The second-order valence-corrected chi connectivity index (χ2v) is 3.11. The number of hydrogen-bond acceptors (Lipinski definition) is 2. The van der Waals surface area contributed by atoms with Crippen molar-refractivity contribution in [2.45, 2.75) is 19.8 Å². The third-order valence-electron chi connectivity index (χ3n) is 1.69. The molecule has 0 saturated heterocycles. The fraction of sp³-hybridized carbons (Fsp3) is 0.583. The summed E-state index contributed by atoms with van der Waals surface area (Å²) in [6.07, 6.45) is 5.71. The third kappa shape index (κ3) is 8.02. The monoisotopic (exact) mass is 197 g/mol. The van der Waals surface area contributed by atoms with Crippen molar-refractivity contribution in [3.8, 4) is 0 Å². The summed E-state index contributed by atoms with van der Waals surface area (Å²) in [5, 5.41) is 0. The van der Waals surface area contributed by atoms with Crippen LogP contribution < -0.4 is 0 Å². The Bertz CT molecular complexity index is 129. The quantitative estimate of drug-likeness (QED) is 0.396. The van der Waals surface area contributed by atoms with Crippen LogP contribution in [0.15, 0.2) is 25.3 Å². The van der Waals surface area contributed by atoms with Gasteiger partial charge in [-0.2, -0.15) is 0 Å². The van der Waals surface area contributed by atoms with Gasteiger partial charge in [-0.1, -0.05) is 25.5 Å². The zero-order valence-electron chi connectivity index (χ0n) is 9.13. The first-order valence-electron chi connectivity index (χ1n) is 5.06. The topological polar surface area (TPSA) is 18.5 Å². The molecule has 0 rings (SSSR count). The van der Waals surface area contributed by atoms with Gasteiger partial charge in [0.15, 0.2) is 0 Å². The summed E-state index contributed by atoms with van der Waals surface area (Å²) in [5.74, 6) is 1.30. The summed E-state index contributed by atoms with van der Waals surface area (Å²) in [6, 6.07) is 0. The molecule has 0 aliphatic carbocycles. The second kappa shape index (κ2) is 10.5. The van der Waals surface area contributed by atoms with Crippen molar-refractivity contribution >= 4 is 0 Å². The van der Waals surface area contributed by atoms with E-state index in [0.717, 1.165) is 12.8 Å². The molecule has 81 valence electrons. The van der Waals surface area contributed by atoms with Crippen LogP contribution in [0.1, 0.15) is 19.8 Å². The molecular weight excluding hydrogens is 176 g/mol. The molecule has 0 unspecified atom stereocenters. The van der Waals surface area contributed by atoms with Gasteiger partial charge in [0.1, 0.15) is 0 Å². The molecule has 0 aliphatic rings. The van der Waals surface area contributed by atoms with E-state index in [1.807, 2.05) is 0 Å². The van der Waals surface area contributed by atoms with Gasteiger partial charge >= 0.3 is 0 Å². The lowest BCUT2D eigenvalue weighted by Gasteiger charge is -2.14. The van der Waals surface area contributed by atoms with E-state index in [-0.39, 0.29) is 0 Å². The summed E-state index contributed by atoms with van der Waals surface area (Å²) in [6.45, 7) is 11.9. The van der Waals surface area contributed by atoms with Crippen molar-refractivity contribution < 1.29 is 9.47 Å². The van der Waals surface area contributed by atoms with Gasteiger partial charge in [0, 0.05) is 5.92 Å².